The molecular formula is C52H77N10O18P. The van der Waals surface area contributed by atoms with Crippen LogP contribution in [0.15, 0.2) is 54.6 Å². The summed E-state index contributed by atoms with van der Waals surface area (Å²) in [6, 6.07) is 0.843. The molecule has 10 atom stereocenters. The number of hydrogen-bond donors (Lipinski definition) is 14. The Morgan fingerprint density at radius 1 is 0.667 bits per heavy atom. The predicted octanol–water partition coefficient (Wildman–Crippen LogP) is -1.99. The van der Waals surface area contributed by atoms with E-state index in [1.807, 2.05) is 0 Å². The van der Waals surface area contributed by atoms with Gasteiger partial charge in [-0.1, -0.05) is 56.3 Å². The maximum absolute atomic E-state index is 14.5. The van der Waals surface area contributed by atoms with Gasteiger partial charge in [0.05, 0.1) is 18.8 Å². The van der Waals surface area contributed by atoms with E-state index in [1.54, 1.807) is 56.3 Å². The summed E-state index contributed by atoms with van der Waals surface area (Å²) in [4.78, 5) is 157. The number of nitrogens with two attached hydrogens (primary N) is 2. The van der Waals surface area contributed by atoms with Crippen molar-refractivity contribution >= 4 is 67.0 Å². The number of benzene rings is 2. The quantitative estimate of drug-likeness (QED) is 0.0279. The first-order chi connectivity index (χ1) is 38.2. The lowest BCUT2D eigenvalue weighted by Crippen LogP contribution is -2.62. The third-order valence-electron chi connectivity index (χ3n) is 13.6. The van der Waals surface area contributed by atoms with Crippen LogP contribution in [0.4, 0.5) is 0 Å². The van der Waals surface area contributed by atoms with E-state index in [9.17, 15) is 82.7 Å². The summed E-state index contributed by atoms with van der Waals surface area (Å²) < 4.78 is 16.6. The van der Waals surface area contributed by atoms with Crippen LogP contribution in [0.2, 0.25) is 0 Å². The highest BCUT2D eigenvalue weighted by atomic mass is 31.2. The van der Waals surface area contributed by atoms with Crippen molar-refractivity contribution in [2.75, 3.05) is 26.2 Å². The molecule has 2 aromatic rings. The van der Waals surface area contributed by atoms with Gasteiger partial charge in [-0.05, 0) is 107 Å². The van der Waals surface area contributed by atoms with Crippen LogP contribution in [0.5, 0.6) is 5.75 Å². The van der Waals surface area contributed by atoms with Gasteiger partial charge < -0.3 is 83.4 Å². The van der Waals surface area contributed by atoms with E-state index < -0.39 is 147 Å². The minimum atomic E-state index is -5.32. The largest absolute Gasteiger partial charge is 0.508 e. The molecule has 81 heavy (non-hydrogen) atoms. The molecule has 2 heterocycles. The van der Waals surface area contributed by atoms with E-state index in [4.69, 9.17) is 11.5 Å². The van der Waals surface area contributed by atoms with E-state index in [2.05, 4.69) is 36.4 Å². The molecule has 448 valence electrons. The molecule has 4 rings (SSSR count). The highest BCUT2D eigenvalue weighted by Gasteiger charge is 2.45. The number of nitrogens with zero attached hydrogens (tertiary/aromatic N) is 2. The Balaban J connectivity index is 1.54. The smallest absolute Gasteiger partial charge is 0.469 e. The number of nitrogens with one attached hydrogen (secondary N) is 6. The average Bonchev–Trinajstić information content (AvgIpc) is 4.23. The Hall–Kier alpha value is -7.07. The van der Waals surface area contributed by atoms with Gasteiger partial charge >= 0.3 is 19.8 Å². The number of likely N-dealkylation sites (tertiary alicyclic amines) is 2. The molecule has 16 N–H and O–H groups in total. The Morgan fingerprint density at radius 2 is 1.22 bits per heavy atom. The number of aliphatic hydroxyl groups excluding tert-OH is 1. The summed E-state index contributed by atoms with van der Waals surface area (Å²) in [5, 5.41) is 54.5. The summed E-state index contributed by atoms with van der Waals surface area (Å²) in [7, 11) is -5.32. The minimum absolute atomic E-state index is 0.00617. The van der Waals surface area contributed by atoms with E-state index in [-0.39, 0.29) is 76.2 Å². The Bertz CT molecular complexity index is 2550. The lowest BCUT2D eigenvalue weighted by Gasteiger charge is -2.34. The van der Waals surface area contributed by atoms with E-state index in [1.165, 1.54) is 24.0 Å². The van der Waals surface area contributed by atoms with Crippen LogP contribution in [0, 0.1) is 5.92 Å². The second kappa shape index (κ2) is 31.8. The number of carbonyl (C=O) groups excluding carboxylic acids is 8. The number of phenols is 1. The van der Waals surface area contributed by atoms with Gasteiger partial charge in [0.25, 0.3) is 0 Å². The topological polar surface area (TPSA) is 449 Å². The van der Waals surface area contributed by atoms with Gasteiger partial charge in [0.2, 0.25) is 47.3 Å². The molecule has 0 bridgehead atoms. The van der Waals surface area contributed by atoms with Crippen LogP contribution in [-0.4, -0.2) is 186 Å². The number of carboxylic acid groups (broad SMARTS) is 2. The van der Waals surface area contributed by atoms with Gasteiger partial charge in [-0.3, -0.25) is 47.7 Å². The monoisotopic (exact) mass is 1160 g/mol. The predicted molar refractivity (Wildman–Crippen MR) is 288 cm³/mol. The Morgan fingerprint density at radius 3 is 1.81 bits per heavy atom. The molecule has 2 aliphatic heterocycles. The average molecular weight is 1160 g/mol. The van der Waals surface area contributed by atoms with E-state index >= 15 is 0 Å². The summed E-state index contributed by atoms with van der Waals surface area (Å²) in [6.07, 6.45) is -1.32. The van der Waals surface area contributed by atoms with Crippen LogP contribution < -0.4 is 43.4 Å². The van der Waals surface area contributed by atoms with Crippen LogP contribution in [-0.2, 0) is 69.9 Å². The zero-order valence-electron chi connectivity index (χ0n) is 45.4. The molecule has 0 radical (unpaired) electrons. The normalized spacial score (nSPS) is 18.2. The summed E-state index contributed by atoms with van der Waals surface area (Å²) in [6.45, 7) is 3.78. The third-order valence-corrected chi connectivity index (χ3v) is 14.1. The zero-order chi connectivity index (χ0) is 60.1. The van der Waals surface area contributed by atoms with Crippen LogP contribution in [0.3, 0.4) is 0 Å². The first kappa shape index (κ1) is 66.4. The van der Waals surface area contributed by atoms with Crippen molar-refractivity contribution < 1.29 is 87.2 Å². The number of phosphoric ester groups is 1. The maximum atomic E-state index is 14.5. The number of rotatable bonds is 32. The first-order valence-corrected chi connectivity index (χ1v) is 28.3. The molecular weight excluding hydrogens is 1080 g/mol. The van der Waals surface area contributed by atoms with Crippen molar-refractivity contribution in [3.05, 3.63) is 65.7 Å². The van der Waals surface area contributed by atoms with Crippen molar-refractivity contribution in [3.63, 3.8) is 0 Å². The minimum Gasteiger partial charge on any atom is -0.508 e. The third kappa shape index (κ3) is 21.4. The molecule has 2 aromatic carbocycles. The standard InChI is InChI=1S/C52H77N10O18P/c1-29(2)25-37(57-44(67)34(54)26-32-16-18-33(64)19-17-32)46(69)59-39(28-80-81(77,78)79)48(71)58-38(27-31-11-5-4-6-12-31)47(70)60-43(30(3)63)51(74)62-24-10-15-41(62)50(73)61-23-9-14-40(61)49(72)55-35(20-21-42(65)66)45(68)56-36(52(75)76)13-7-8-22-53/h4-6,11-12,16-19,29-30,34-41,43,63-64H,7-10,13-15,20-28,53-54H2,1-3H3,(H,55,72)(H,56,68)(H,57,67)(H,58,71)(H,59,69)(H,60,70)(H,65,66)(H,75,76)(H2,77,78,79)/t30-,34+,35+,36+,37+,38+,39+,40+,41+,43+/m1/s1. The molecule has 8 amide bonds. The van der Waals surface area contributed by atoms with Gasteiger partial charge in [0.15, 0.2) is 0 Å². The molecule has 29 heteroatoms. The Kier molecular flexibility index (Phi) is 26.1. The number of phenolic OH excluding ortho intramolecular Hbond substituents is 1. The van der Waals surface area contributed by atoms with Crippen molar-refractivity contribution in [1.29, 1.82) is 0 Å². The van der Waals surface area contributed by atoms with Gasteiger partial charge in [-0.2, -0.15) is 0 Å². The van der Waals surface area contributed by atoms with Gasteiger partial charge in [-0.25, -0.2) is 9.36 Å². The Labute approximate surface area is 468 Å². The fourth-order valence-corrected chi connectivity index (χ4v) is 9.69. The fourth-order valence-electron chi connectivity index (χ4n) is 9.35. The van der Waals surface area contributed by atoms with Crippen molar-refractivity contribution in [2.45, 2.75) is 158 Å². The first-order valence-electron chi connectivity index (χ1n) is 26.7. The van der Waals surface area contributed by atoms with Crippen LogP contribution in [0.25, 0.3) is 0 Å². The van der Waals surface area contributed by atoms with Gasteiger partial charge in [0.1, 0.15) is 54.1 Å². The molecule has 0 aliphatic carbocycles. The van der Waals surface area contributed by atoms with Gasteiger partial charge in [-0.15, -0.1) is 0 Å². The number of amides is 8. The number of phosphoric acid groups is 1. The SMILES string of the molecule is CC(C)C[C@H](NC(=O)[C@@H](N)Cc1ccc(O)cc1)C(=O)N[C@@H](COP(=O)(O)O)C(=O)N[C@@H](Cc1ccccc1)C(=O)N[C@H](C(=O)N1CCC[C@H]1C(=O)N1CCC[C@H]1C(=O)N[C@@H](CCC(=O)O)C(=O)N[C@@H](CCCCN)C(=O)O)[C@@H](C)O. The number of carboxylic acids is 2. The molecule has 28 nitrogen and oxygen atoms in total. The number of aliphatic carboxylic acids is 2. The van der Waals surface area contributed by atoms with Gasteiger partial charge in [0, 0.05) is 25.9 Å². The maximum Gasteiger partial charge on any atom is 0.469 e. The molecule has 2 saturated heterocycles. The highest BCUT2D eigenvalue weighted by Crippen LogP contribution is 2.35. The van der Waals surface area contributed by atoms with E-state index in [0.717, 1.165) is 4.90 Å². The second-order valence-electron chi connectivity index (χ2n) is 20.5. The summed E-state index contributed by atoms with van der Waals surface area (Å²) >= 11 is 0. The number of aliphatic hydroxyl groups is 1. The van der Waals surface area contributed by atoms with Crippen LogP contribution in [0.1, 0.15) is 96.1 Å². The summed E-state index contributed by atoms with van der Waals surface area (Å²) in [5.41, 5.74) is 12.7. The highest BCUT2D eigenvalue weighted by molar-refractivity contribution is 7.46. The number of hydrogen-bond acceptors (Lipinski definition) is 16. The lowest BCUT2D eigenvalue weighted by atomic mass is 10.0. The number of unbranched alkanes of at least 4 members (excludes halogenated alkanes) is 1. The lowest BCUT2D eigenvalue weighted by molar-refractivity contribution is -0.149. The van der Waals surface area contributed by atoms with Crippen LogP contribution >= 0.6 is 7.82 Å². The molecule has 0 spiro atoms. The fraction of sp³-hybridized carbons (Fsp3) is 0.577. The van der Waals surface area contributed by atoms with Crippen molar-refractivity contribution in [3.8, 4) is 5.75 Å². The second-order valence-corrected chi connectivity index (χ2v) is 21.8. The summed E-state index contributed by atoms with van der Waals surface area (Å²) in [5.74, 6) is -10.3. The molecule has 0 saturated carbocycles. The number of carbonyl (C=O) groups is 10. The zero-order valence-corrected chi connectivity index (χ0v) is 46.3. The number of aromatic hydroxyl groups is 1. The molecule has 0 unspecified atom stereocenters. The van der Waals surface area contributed by atoms with E-state index in [0.29, 0.717) is 30.4 Å². The molecule has 0 aromatic heterocycles. The molecule has 2 aliphatic rings. The van der Waals surface area contributed by atoms with Crippen molar-refractivity contribution in [2.24, 2.45) is 17.4 Å². The van der Waals surface area contributed by atoms with Crippen molar-refractivity contribution in [1.82, 2.24) is 41.7 Å². The molecule has 2 fully saturated rings.